The number of nitrogens with one attached hydrogen (secondary N) is 1. The second-order valence-corrected chi connectivity index (χ2v) is 10.8. The molecule has 186 valence electrons. The zero-order valence-corrected chi connectivity index (χ0v) is 21.6. The molecule has 0 aliphatic carbocycles. The highest BCUT2D eigenvalue weighted by molar-refractivity contribution is 7.85. The largest absolute Gasteiger partial charge is 0.321 e. The number of rotatable bonds is 4. The Labute approximate surface area is 227 Å². The Balaban J connectivity index is 1.44. The number of halogens is 1. The topological polar surface area (TPSA) is 66.5 Å². The summed E-state index contributed by atoms with van der Waals surface area (Å²) in [5, 5.41) is 5.49. The van der Waals surface area contributed by atoms with Crippen molar-refractivity contribution in [2.24, 2.45) is 0 Å². The van der Waals surface area contributed by atoms with Gasteiger partial charge in [-0.3, -0.25) is 9.59 Å². The van der Waals surface area contributed by atoms with E-state index in [1.807, 2.05) is 54.6 Å². The molecule has 1 aliphatic rings. The van der Waals surface area contributed by atoms with Gasteiger partial charge in [-0.25, -0.2) is 4.21 Å². The Morgan fingerprint density at radius 1 is 0.816 bits per heavy atom. The van der Waals surface area contributed by atoms with Crippen LogP contribution in [0.5, 0.6) is 0 Å². The third-order valence-electron chi connectivity index (χ3n) is 6.54. The van der Waals surface area contributed by atoms with Crippen LogP contribution in [-0.2, 0) is 17.3 Å². The van der Waals surface area contributed by atoms with Crippen LogP contribution in [0.15, 0.2) is 119 Å². The van der Waals surface area contributed by atoms with Crippen LogP contribution in [0.3, 0.4) is 0 Å². The maximum atomic E-state index is 13.8. The summed E-state index contributed by atoms with van der Waals surface area (Å²) in [5.74, 6) is -0.619. The fourth-order valence-electron chi connectivity index (χ4n) is 4.71. The number of nitrogens with zero attached hydrogens (tertiary/aromatic N) is 1. The highest BCUT2D eigenvalue weighted by Crippen LogP contribution is 2.36. The highest BCUT2D eigenvalue weighted by atomic mass is 35.5. The molecule has 6 rings (SSSR count). The zero-order valence-electron chi connectivity index (χ0n) is 20.1. The molecule has 0 fully saturated rings. The molecule has 7 heteroatoms. The second kappa shape index (κ2) is 9.89. The monoisotopic (exact) mass is 536 g/mol. The van der Waals surface area contributed by atoms with E-state index in [1.165, 1.54) is 0 Å². The van der Waals surface area contributed by atoms with Crippen molar-refractivity contribution in [2.75, 3.05) is 10.2 Å². The zero-order chi connectivity index (χ0) is 26.2. The molecule has 5 aromatic carbocycles. The number of benzene rings is 5. The van der Waals surface area contributed by atoms with E-state index in [9.17, 15) is 13.8 Å². The molecule has 0 spiro atoms. The number of carbonyl (C=O) groups is 2. The summed E-state index contributed by atoms with van der Waals surface area (Å²) < 4.78 is 13.7. The molecule has 0 radical (unpaired) electrons. The third kappa shape index (κ3) is 4.38. The van der Waals surface area contributed by atoms with Crippen molar-refractivity contribution in [1.29, 1.82) is 0 Å². The van der Waals surface area contributed by atoms with Crippen molar-refractivity contribution in [3.8, 4) is 0 Å². The van der Waals surface area contributed by atoms with Crippen LogP contribution in [0.4, 0.5) is 11.4 Å². The molecule has 0 saturated carbocycles. The Bertz CT molecular complexity index is 1760. The van der Waals surface area contributed by atoms with Gasteiger partial charge >= 0.3 is 0 Å². The summed E-state index contributed by atoms with van der Waals surface area (Å²) in [5.41, 5.74) is 2.64. The van der Waals surface area contributed by atoms with Gasteiger partial charge in [-0.15, -0.1) is 0 Å². The van der Waals surface area contributed by atoms with Gasteiger partial charge in [0.05, 0.1) is 38.4 Å². The fourth-order valence-corrected chi connectivity index (χ4v) is 6.27. The van der Waals surface area contributed by atoms with Crippen molar-refractivity contribution in [3.05, 3.63) is 131 Å². The second-order valence-electron chi connectivity index (χ2n) is 8.95. The number of hydrogen-bond acceptors (Lipinski definition) is 3. The average molecular weight is 537 g/mol. The number of amides is 2. The van der Waals surface area contributed by atoms with Gasteiger partial charge in [0.25, 0.3) is 11.8 Å². The van der Waals surface area contributed by atoms with Crippen LogP contribution in [0, 0.1) is 0 Å². The smallest absolute Gasteiger partial charge is 0.259 e. The van der Waals surface area contributed by atoms with E-state index in [1.54, 1.807) is 59.5 Å². The van der Waals surface area contributed by atoms with Gasteiger partial charge in [-0.1, -0.05) is 72.3 Å². The number of fused-ring (bicyclic) bond motifs is 3. The molecule has 1 N–H and O–H groups in total. The molecular weight excluding hydrogens is 516 g/mol. The average Bonchev–Trinajstić information content (AvgIpc) is 3.02. The fraction of sp³-hybridized carbons (Fsp3) is 0.0323. The predicted molar refractivity (Wildman–Crippen MR) is 151 cm³/mol. The van der Waals surface area contributed by atoms with Crippen LogP contribution >= 0.6 is 11.6 Å². The van der Waals surface area contributed by atoms with E-state index in [0.29, 0.717) is 37.3 Å². The molecule has 2 amide bonds. The van der Waals surface area contributed by atoms with E-state index in [0.717, 1.165) is 16.3 Å². The normalized spacial score (nSPS) is 14.5. The molecule has 0 unspecified atom stereocenters. The Morgan fingerprint density at radius 2 is 1.58 bits per heavy atom. The first-order valence-electron chi connectivity index (χ1n) is 12.0. The molecule has 1 aliphatic heterocycles. The molecule has 0 aromatic heterocycles. The standard InChI is InChI=1S/C31H21ClN2O3S/c32-23-10-5-7-20(17-23)19-34-27-18-22(30(35)33-26-13-6-9-21-8-1-2-11-24(21)26)15-16-29(27)38(37)28-14-4-3-12-25(28)31(34)36/h1-18H,19H2,(H,33,35)/t38-/m0/s1. The van der Waals surface area contributed by atoms with Crippen LogP contribution in [0.2, 0.25) is 5.02 Å². The summed E-state index contributed by atoms with van der Waals surface area (Å²) in [6, 6.07) is 32.7. The van der Waals surface area contributed by atoms with Crippen molar-refractivity contribution >= 4 is 56.4 Å². The Hall–Kier alpha value is -4.26. The first-order chi connectivity index (χ1) is 18.5. The molecular formula is C31H21ClN2O3S. The van der Waals surface area contributed by atoms with Crippen LogP contribution in [0.1, 0.15) is 26.3 Å². The molecule has 1 atom stereocenters. The molecule has 0 saturated heterocycles. The number of anilines is 2. The Morgan fingerprint density at radius 3 is 2.45 bits per heavy atom. The molecule has 38 heavy (non-hydrogen) atoms. The van der Waals surface area contributed by atoms with Crippen molar-refractivity contribution < 1.29 is 13.8 Å². The van der Waals surface area contributed by atoms with E-state index in [-0.39, 0.29) is 18.4 Å². The van der Waals surface area contributed by atoms with Crippen molar-refractivity contribution in [2.45, 2.75) is 16.3 Å². The lowest BCUT2D eigenvalue weighted by Gasteiger charge is -2.24. The first-order valence-corrected chi connectivity index (χ1v) is 13.5. The molecule has 0 bridgehead atoms. The van der Waals surface area contributed by atoms with Gasteiger partial charge in [-0.2, -0.15) is 0 Å². The maximum Gasteiger partial charge on any atom is 0.259 e. The van der Waals surface area contributed by atoms with Crippen molar-refractivity contribution in [1.82, 2.24) is 0 Å². The molecule has 5 nitrogen and oxygen atoms in total. The first kappa shape index (κ1) is 24.1. The SMILES string of the molecule is O=C(Nc1cccc2ccccc12)c1ccc2c(c1)N(Cc1cccc(Cl)c1)C(=O)c1ccccc1[S@@]2=O. The highest BCUT2D eigenvalue weighted by Gasteiger charge is 2.31. The van der Waals surface area contributed by atoms with E-state index < -0.39 is 10.8 Å². The van der Waals surface area contributed by atoms with Gasteiger partial charge in [0, 0.05) is 21.7 Å². The van der Waals surface area contributed by atoms with Gasteiger partial charge in [0.15, 0.2) is 0 Å². The minimum atomic E-state index is -1.61. The van der Waals surface area contributed by atoms with Gasteiger partial charge in [0.1, 0.15) is 0 Å². The lowest BCUT2D eigenvalue weighted by molar-refractivity contribution is 0.0979. The van der Waals surface area contributed by atoms with E-state index >= 15 is 0 Å². The summed E-state index contributed by atoms with van der Waals surface area (Å²) in [6.07, 6.45) is 0. The van der Waals surface area contributed by atoms with Crippen LogP contribution < -0.4 is 10.2 Å². The van der Waals surface area contributed by atoms with Crippen molar-refractivity contribution in [3.63, 3.8) is 0 Å². The van der Waals surface area contributed by atoms with Crippen LogP contribution in [-0.4, -0.2) is 16.0 Å². The predicted octanol–water partition coefficient (Wildman–Crippen LogP) is 7.07. The third-order valence-corrected chi connectivity index (χ3v) is 8.28. The molecule has 1 heterocycles. The van der Waals surface area contributed by atoms with Gasteiger partial charge in [0.2, 0.25) is 0 Å². The number of carbonyl (C=O) groups excluding carboxylic acids is 2. The molecule has 5 aromatic rings. The van der Waals surface area contributed by atoms with Crippen LogP contribution in [0.25, 0.3) is 10.8 Å². The minimum Gasteiger partial charge on any atom is -0.321 e. The lowest BCUT2D eigenvalue weighted by atomic mass is 10.1. The minimum absolute atomic E-state index is 0.201. The van der Waals surface area contributed by atoms with Gasteiger partial charge < -0.3 is 10.2 Å². The summed E-state index contributed by atoms with van der Waals surface area (Å²) in [6.45, 7) is 0.201. The maximum absolute atomic E-state index is 13.8. The lowest BCUT2D eigenvalue weighted by Crippen LogP contribution is -2.30. The summed E-state index contributed by atoms with van der Waals surface area (Å²) in [7, 11) is -1.61. The quantitative estimate of drug-likeness (QED) is 0.267. The van der Waals surface area contributed by atoms with E-state index in [2.05, 4.69) is 5.32 Å². The van der Waals surface area contributed by atoms with E-state index in [4.69, 9.17) is 11.6 Å². The summed E-state index contributed by atoms with van der Waals surface area (Å²) in [4.78, 5) is 29.7. The Kier molecular flexibility index (Phi) is 6.27. The number of hydrogen-bond donors (Lipinski definition) is 1. The summed E-state index contributed by atoms with van der Waals surface area (Å²) >= 11 is 6.22. The van der Waals surface area contributed by atoms with Gasteiger partial charge in [-0.05, 0) is 59.5 Å².